The van der Waals surface area contributed by atoms with Crippen molar-refractivity contribution in [2.75, 3.05) is 22.7 Å². The second-order valence-electron chi connectivity index (χ2n) is 7.23. The van der Waals surface area contributed by atoms with Crippen LogP contribution in [-0.2, 0) is 16.4 Å². The topological polar surface area (TPSA) is 62.3 Å². The van der Waals surface area contributed by atoms with E-state index < -0.39 is 22.7 Å². The van der Waals surface area contributed by atoms with E-state index in [0.717, 1.165) is 27.3 Å². The number of benzene rings is 2. The van der Waals surface area contributed by atoms with Gasteiger partial charge in [-0.3, -0.25) is 4.31 Å². The van der Waals surface area contributed by atoms with Crippen LogP contribution in [0.15, 0.2) is 53.4 Å². The molecule has 0 aliphatic carbocycles. The molecule has 0 radical (unpaired) electrons. The number of rotatable bonds is 5. The minimum atomic E-state index is -4.32. The van der Waals surface area contributed by atoms with Crippen LogP contribution in [0.1, 0.15) is 16.9 Å². The van der Waals surface area contributed by atoms with Crippen LogP contribution in [0.3, 0.4) is 0 Å². The van der Waals surface area contributed by atoms with E-state index in [-0.39, 0.29) is 10.0 Å². The Morgan fingerprint density at radius 1 is 1.16 bits per heavy atom. The number of anilines is 2. The van der Waals surface area contributed by atoms with E-state index in [0.29, 0.717) is 30.8 Å². The zero-order chi connectivity index (χ0) is 22.2. The van der Waals surface area contributed by atoms with Crippen molar-refractivity contribution in [3.63, 3.8) is 0 Å². The Labute approximate surface area is 182 Å². The van der Waals surface area contributed by atoms with Crippen LogP contribution >= 0.6 is 11.3 Å². The molecule has 1 aliphatic heterocycles. The van der Waals surface area contributed by atoms with Crippen LogP contribution in [0.5, 0.6) is 0 Å². The fraction of sp³-hybridized carbons (Fsp3) is 0.286. The van der Waals surface area contributed by atoms with Gasteiger partial charge in [0.2, 0.25) is 0 Å². The summed E-state index contributed by atoms with van der Waals surface area (Å²) in [6.07, 6.45) is -2.93. The number of sulfonamides is 1. The largest absolute Gasteiger partial charge is 0.405 e. The van der Waals surface area contributed by atoms with Crippen molar-refractivity contribution in [2.45, 2.75) is 30.8 Å². The van der Waals surface area contributed by atoms with Gasteiger partial charge in [0.25, 0.3) is 10.0 Å². The lowest BCUT2D eigenvalue weighted by Gasteiger charge is -2.30. The predicted octanol–water partition coefficient (Wildman–Crippen LogP) is 5.23. The Bertz CT molecular complexity index is 1190. The first-order valence-corrected chi connectivity index (χ1v) is 11.9. The number of fused-ring (bicyclic) bond motifs is 1. The van der Waals surface area contributed by atoms with E-state index >= 15 is 0 Å². The fourth-order valence-corrected chi connectivity index (χ4v) is 5.99. The lowest BCUT2D eigenvalue weighted by atomic mass is 9.99. The van der Waals surface area contributed by atoms with Gasteiger partial charge in [-0.1, -0.05) is 24.3 Å². The zero-order valence-electron chi connectivity index (χ0n) is 16.6. The average molecular weight is 468 g/mol. The number of nitrogens with one attached hydrogen (secondary N) is 1. The van der Waals surface area contributed by atoms with E-state index in [1.54, 1.807) is 49.4 Å². The van der Waals surface area contributed by atoms with E-state index in [9.17, 15) is 21.6 Å². The molecule has 2 aromatic carbocycles. The smallest absolute Gasteiger partial charge is 0.352 e. The minimum Gasteiger partial charge on any atom is -0.352 e. The highest BCUT2D eigenvalue weighted by atomic mass is 32.2. The molecule has 1 N–H and O–H groups in total. The molecule has 5 nitrogen and oxygen atoms in total. The third-order valence-electron chi connectivity index (χ3n) is 5.00. The van der Waals surface area contributed by atoms with E-state index in [2.05, 4.69) is 10.3 Å². The van der Waals surface area contributed by atoms with Crippen molar-refractivity contribution >= 4 is 32.2 Å². The summed E-state index contributed by atoms with van der Waals surface area (Å²) in [4.78, 5) is 5.35. The Hall–Kier alpha value is -2.59. The summed E-state index contributed by atoms with van der Waals surface area (Å²) in [5.41, 5.74) is 2.86. The summed E-state index contributed by atoms with van der Waals surface area (Å²) in [6, 6.07) is 13.7. The molecule has 2 heterocycles. The van der Waals surface area contributed by atoms with Crippen LogP contribution in [-0.4, -0.2) is 32.7 Å². The van der Waals surface area contributed by atoms with Gasteiger partial charge in [-0.05, 0) is 49.6 Å². The van der Waals surface area contributed by atoms with Crippen LogP contribution in [0, 0.1) is 6.92 Å². The molecule has 4 rings (SSSR count). The zero-order valence-corrected chi connectivity index (χ0v) is 18.2. The van der Waals surface area contributed by atoms with Crippen LogP contribution < -0.4 is 9.62 Å². The molecule has 0 unspecified atom stereocenters. The maximum absolute atomic E-state index is 13.1. The minimum absolute atomic E-state index is 0.204. The van der Waals surface area contributed by atoms with Crippen molar-refractivity contribution in [2.24, 2.45) is 0 Å². The lowest BCUT2D eigenvalue weighted by Crippen LogP contribution is -2.35. The number of hydrogen-bond acceptors (Lipinski definition) is 5. The molecule has 3 aromatic rings. The Morgan fingerprint density at radius 2 is 1.90 bits per heavy atom. The number of alkyl halides is 3. The van der Waals surface area contributed by atoms with Crippen molar-refractivity contribution in [3.05, 3.63) is 59.0 Å². The molecular formula is C21H20F3N3O2S2. The van der Waals surface area contributed by atoms with Gasteiger partial charge < -0.3 is 5.32 Å². The molecule has 0 atom stereocenters. The predicted molar refractivity (Wildman–Crippen MR) is 116 cm³/mol. The number of hydrogen-bond donors (Lipinski definition) is 1. The quantitative estimate of drug-likeness (QED) is 0.558. The maximum atomic E-state index is 13.1. The summed E-state index contributed by atoms with van der Waals surface area (Å²) in [7, 11) is -3.68. The van der Waals surface area contributed by atoms with Crippen LogP contribution in [0.2, 0.25) is 0 Å². The lowest BCUT2D eigenvalue weighted by molar-refractivity contribution is -0.115. The first-order valence-electron chi connectivity index (χ1n) is 9.64. The summed E-state index contributed by atoms with van der Waals surface area (Å²) >= 11 is 1.16. The van der Waals surface area contributed by atoms with Gasteiger partial charge in [0.1, 0.15) is 6.54 Å². The molecule has 0 bridgehead atoms. The van der Waals surface area contributed by atoms with E-state index in [4.69, 9.17) is 0 Å². The normalized spacial score (nSPS) is 14.4. The molecule has 0 amide bonds. The fourth-order valence-electron chi connectivity index (χ4n) is 3.59. The molecule has 0 spiro atoms. The second-order valence-corrected chi connectivity index (χ2v) is 10.3. The summed E-state index contributed by atoms with van der Waals surface area (Å²) < 4.78 is 65.1. The first-order chi connectivity index (χ1) is 14.6. The number of halogens is 3. The molecule has 0 fully saturated rings. The van der Waals surface area contributed by atoms with Gasteiger partial charge in [-0.25, -0.2) is 13.4 Å². The van der Waals surface area contributed by atoms with Gasteiger partial charge in [0.15, 0.2) is 5.13 Å². The van der Waals surface area contributed by atoms with Crippen LogP contribution in [0.25, 0.3) is 11.3 Å². The Morgan fingerprint density at radius 3 is 2.61 bits per heavy atom. The third-order valence-corrected chi connectivity index (χ3v) is 7.75. The molecule has 10 heteroatoms. The van der Waals surface area contributed by atoms with Crippen molar-refractivity contribution < 1.29 is 21.6 Å². The Kier molecular flexibility index (Phi) is 5.69. The van der Waals surface area contributed by atoms with Gasteiger partial charge in [0.05, 0.1) is 16.3 Å². The summed E-state index contributed by atoms with van der Waals surface area (Å²) in [5, 5.41) is 2.52. The van der Waals surface area contributed by atoms with Gasteiger partial charge in [-0.15, -0.1) is 11.3 Å². The summed E-state index contributed by atoms with van der Waals surface area (Å²) in [5.74, 6) is 0. The second kappa shape index (κ2) is 8.16. The standard InChI is InChI=1S/C21H20F3N3O2S2/c1-14-19(26-20(30-14)25-13-21(22,23)24)16-9-10-18-15(12-16)6-5-11-27(18)31(28,29)17-7-3-2-4-8-17/h2-4,7-10,12H,5-6,11,13H2,1H3,(H,25,26). The summed E-state index contributed by atoms with van der Waals surface area (Å²) in [6.45, 7) is 1.05. The van der Waals surface area contributed by atoms with Gasteiger partial charge in [0, 0.05) is 17.0 Å². The molecule has 1 aromatic heterocycles. The van der Waals surface area contributed by atoms with E-state index in [1.165, 1.54) is 4.31 Å². The SMILES string of the molecule is Cc1sc(NCC(F)(F)F)nc1-c1ccc2c(c1)CCCN2S(=O)(=O)c1ccccc1. The number of nitrogens with zero attached hydrogens (tertiary/aromatic N) is 2. The van der Waals surface area contributed by atoms with Crippen molar-refractivity contribution in [1.82, 2.24) is 4.98 Å². The van der Waals surface area contributed by atoms with Gasteiger partial charge in [-0.2, -0.15) is 13.2 Å². The molecule has 0 saturated carbocycles. The number of aryl methyl sites for hydroxylation is 2. The molecule has 164 valence electrons. The Balaban J connectivity index is 1.65. The highest BCUT2D eigenvalue weighted by Crippen LogP contribution is 2.37. The third kappa shape index (κ3) is 4.54. The molecule has 0 saturated heterocycles. The maximum Gasteiger partial charge on any atom is 0.405 e. The van der Waals surface area contributed by atoms with E-state index in [1.807, 2.05) is 6.07 Å². The highest BCUT2D eigenvalue weighted by Gasteiger charge is 2.30. The molecule has 1 aliphatic rings. The monoisotopic (exact) mass is 467 g/mol. The molecular weight excluding hydrogens is 447 g/mol. The van der Waals surface area contributed by atoms with Crippen LogP contribution in [0.4, 0.5) is 24.0 Å². The highest BCUT2D eigenvalue weighted by molar-refractivity contribution is 7.92. The van der Waals surface area contributed by atoms with Crippen molar-refractivity contribution in [1.29, 1.82) is 0 Å². The first kappa shape index (κ1) is 21.6. The number of aromatic nitrogens is 1. The van der Waals surface area contributed by atoms with Gasteiger partial charge >= 0.3 is 6.18 Å². The molecule has 31 heavy (non-hydrogen) atoms. The van der Waals surface area contributed by atoms with Crippen molar-refractivity contribution in [3.8, 4) is 11.3 Å². The average Bonchev–Trinajstić information content (AvgIpc) is 3.12. The number of thiazole rings is 1.